The monoisotopic (exact) mass is 300 g/mol. The third-order valence-corrected chi connectivity index (χ3v) is 2.99. The third-order valence-electron chi connectivity index (χ3n) is 2.99. The average molecular weight is 300 g/mol. The summed E-state index contributed by atoms with van der Waals surface area (Å²) in [4.78, 5) is 15.9. The van der Waals surface area contributed by atoms with Gasteiger partial charge in [0.25, 0.3) is 0 Å². The first-order valence-corrected chi connectivity index (χ1v) is 6.06. The van der Waals surface area contributed by atoms with Crippen molar-refractivity contribution in [2.24, 2.45) is 11.0 Å². The van der Waals surface area contributed by atoms with E-state index in [0.717, 1.165) is 12.1 Å². The zero-order valence-electron chi connectivity index (χ0n) is 10.7. The summed E-state index contributed by atoms with van der Waals surface area (Å²) in [5.74, 6) is -0.583. The lowest BCUT2D eigenvalue weighted by molar-refractivity contribution is -0.274. The Balaban J connectivity index is 2.05. The van der Waals surface area contributed by atoms with Crippen molar-refractivity contribution in [2.45, 2.75) is 12.8 Å². The van der Waals surface area contributed by atoms with Gasteiger partial charge in [-0.1, -0.05) is 5.11 Å². The third kappa shape index (κ3) is 4.03. The van der Waals surface area contributed by atoms with Crippen LogP contribution in [0.5, 0.6) is 5.75 Å². The van der Waals surface area contributed by atoms with E-state index in [4.69, 9.17) is 5.53 Å². The van der Waals surface area contributed by atoms with Crippen molar-refractivity contribution in [3.63, 3.8) is 0 Å². The molecule has 1 aliphatic rings. The maximum atomic E-state index is 12.0. The van der Waals surface area contributed by atoms with Crippen LogP contribution in [0.4, 0.5) is 18.9 Å². The number of alkyl halides is 3. The predicted octanol–water partition coefficient (Wildman–Crippen LogP) is 3.25. The Morgan fingerprint density at radius 1 is 1.38 bits per heavy atom. The molecule has 0 aromatic heterocycles. The van der Waals surface area contributed by atoms with Crippen molar-refractivity contribution in [1.82, 2.24) is 0 Å². The van der Waals surface area contributed by atoms with Crippen molar-refractivity contribution in [2.75, 3.05) is 18.0 Å². The SMILES string of the molecule is [N-]=[N+]=NCC1CC(=O)N(c2ccc(OC(F)(F)F)cc2)C1. The lowest BCUT2D eigenvalue weighted by Crippen LogP contribution is -2.24. The molecule has 1 heterocycles. The standard InChI is InChI=1S/C12H11F3N4O2/c13-12(14,15)21-10-3-1-9(2-4-10)19-7-8(5-11(19)20)6-17-18-16/h1-4,8H,5-7H2. The van der Waals surface area contributed by atoms with Gasteiger partial charge in [0.15, 0.2) is 0 Å². The van der Waals surface area contributed by atoms with E-state index in [1.165, 1.54) is 17.0 Å². The van der Waals surface area contributed by atoms with Crippen LogP contribution in [0, 0.1) is 5.92 Å². The molecule has 1 unspecified atom stereocenters. The summed E-state index contributed by atoms with van der Waals surface area (Å²) in [7, 11) is 0. The Bertz CT molecular complexity index is 567. The van der Waals surface area contributed by atoms with E-state index in [1.54, 1.807) is 0 Å². The number of carbonyl (C=O) groups is 1. The molecule has 0 N–H and O–H groups in total. The van der Waals surface area contributed by atoms with Crippen molar-refractivity contribution in [1.29, 1.82) is 0 Å². The number of amides is 1. The molecule has 1 aromatic carbocycles. The molecular formula is C12H11F3N4O2. The van der Waals surface area contributed by atoms with Gasteiger partial charge in [0.05, 0.1) is 0 Å². The number of azide groups is 1. The fraction of sp³-hybridized carbons (Fsp3) is 0.417. The molecule has 0 bridgehead atoms. The second-order valence-corrected chi connectivity index (χ2v) is 4.53. The fourth-order valence-corrected chi connectivity index (χ4v) is 2.13. The quantitative estimate of drug-likeness (QED) is 0.486. The van der Waals surface area contributed by atoms with Crippen molar-refractivity contribution in [3.8, 4) is 5.75 Å². The van der Waals surface area contributed by atoms with Crippen LogP contribution in [-0.4, -0.2) is 25.4 Å². The number of hydrogen-bond donors (Lipinski definition) is 0. The maximum absolute atomic E-state index is 12.0. The largest absolute Gasteiger partial charge is 0.573 e. The highest BCUT2D eigenvalue weighted by molar-refractivity contribution is 5.95. The van der Waals surface area contributed by atoms with E-state index in [9.17, 15) is 18.0 Å². The Hall–Kier alpha value is -2.41. The summed E-state index contributed by atoms with van der Waals surface area (Å²) < 4.78 is 39.9. The van der Waals surface area contributed by atoms with Crippen LogP contribution < -0.4 is 9.64 Å². The molecule has 21 heavy (non-hydrogen) atoms. The molecular weight excluding hydrogens is 289 g/mol. The fourth-order valence-electron chi connectivity index (χ4n) is 2.13. The number of benzene rings is 1. The second-order valence-electron chi connectivity index (χ2n) is 4.53. The average Bonchev–Trinajstić information content (AvgIpc) is 2.77. The van der Waals surface area contributed by atoms with Gasteiger partial charge in [-0.3, -0.25) is 4.79 Å². The molecule has 0 radical (unpaired) electrons. The van der Waals surface area contributed by atoms with E-state index in [0.29, 0.717) is 12.2 Å². The van der Waals surface area contributed by atoms with E-state index in [1.807, 2.05) is 0 Å². The van der Waals surface area contributed by atoms with Gasteiger partial charge in [-0.2, -0.15) is 0 Å². The highest BCUT2D eigenvalue weighted by atomic mass is 19.4. The van der Waals surface area contributed by atoms with Gasteiger partial charge in [0, 0.05) is 30.1 Å². The molecule has 1 fully saturated rings. The molecule has 0 spiro atoms. The molecule has 6 nitrogen and oxygen atoms in total. The molecule has 1 aromatic rings. The van der Waals surface area contributed by atoms with Gasteiger partial charge in [0.2, 0.25) is 5.91 Å². The molecule has 0 saturated carbocycles. The number of carbonyl (C=O) groups excluding carboxylic acids is 1. The predicted molar refractivity (Wildman–Crippen MR) is 67.6 cm³/mol. The number of hydrogen-bond acceptors (Lipinski definition) is 3. The Morgan fingerprint density at radius 3 is 2.62 bits per heavy atom. The van der Waals surface area contributed by atoms with Gasteiger partial charge < -0.3 is 9.64 Å². The van der Waals surface area contributed by atoms with Crippen LogP contribution in [-0.2, 0) is 4.79 Å². The normalized spacial score (nSPS) is 18.5. The summed E-state index contributed by atoms with van der Waals surface area (Å²) in [6.07, 6.45) is -4.49. The Kier molecular flexibility index (Phi) is 4.23. The summed E-state index contributed by atoms with van der Waals surface area (Å²) >= 11 is 0. The molecule has 1 saturated heterocycles. The molecule has 2 rings (SSSR count). The zero-order chi connectivity index (χ0) is 15.5. The first-order chi connectivity index (χ1) is 9.89. The lowest BCUT2D eigenvalue weighted by Gasteiger charge is -2.17. The first kappa shape index (κ1) is 15.0. The maximum Gasteiger partial charge on any atom is 0.573 e. The molecule has 9 heteroatoms. The number of halogens is 3. The van der Waals surface area contributed by atoms with Gasteiger partial charge in [0.1, 0.15) is 5.75 Å². The Morgan fingerprint density at radius 2 is 2.05 bits per heavy atom. The van der Waals surface area contributed by atoms with Crippen molar-refractivity contribution >= 4 is 11.6 Å². The van der Waals surface area contributed by atoms with Gasteiger partial charge in [-0.25, -0.2) is 0 Å². The van der Waals surface area contributed by atoms with Crippen molar-refractivity contribution < 1.29 is 22.7 Å². The summed E-state index contributed by atoms with van der Waals surface area (Å²) in [5, 5.41) is 3.43. The van der Waals surface area contributed by atoms with Crippen LogP contribution in [0.25, 0.3) is 10.4 Å². The van der Waals surface area contributed by atoms with Crippen LogP contribution >= 0.6 is 0 Å². The van der Waals surface area contributed by atoms with E-state index in [-0.39, 0.29) is 30.5 Å². The molecule has 1 atom stereocenters. The van der Waals surface area contributed by atoms with Crippen LogP contribution in [0.2, 0.25) is 0 Å². The van der Waals surface area contributed by atoms with Gasteiger partial charge in [-0.05, 0) is 35.7 Å². The molecule has 0 aliphatic carbocycles. The number of anilines is 1. The van der Waals surface area contributed by atoms with E-state index >= 15 is 0 Å². The van der Waals surface area contributed by atoms with Crippen LogP contribution in [0.1, 0.15) is 6.42 Å². The lowest BCUT2D eigenvalue weighted by atomic mass is 10.1. The topological polar surface area (TPSA) is 78.3 Å². The minimum absolute atomic E-state index is 0.0838. The number of ether oxygens (including phenoxy) is 1. The van der Waals surface area contributed by atoms with Crippen molar-refractivity contribution in [3.05, 3.63) is 34.7 Å². The molecule has 112 valence electrons. The van der Waals surface area contributed by atoms with Crippen LogP contribution in [0.15, 0.2) is 29.4 Å². The van der Waals surface area contributed by atoms with Gasteiger partial charge in [-0.15, -0.1) is 13.2 Å². The Labute approximate surface area is 117 Å². The zero-order valence-corrected chi connectivity index (χ0v) is 10.7. The number of rotatable bonds is 4. The van der Waals surface area contributed by atoms with E-state index < -0.39 is 6.36 Å². The van der Waals surface area contributed by atoms with Crippen LogP contribution in [0.3, 0.4) is 0 Å². The number of nitrogens with zero attached hydrogens (tertiary/aromatic N) is 4. The molecule has 1 amide bonds. The smallest absolute Gasteiger partial charge is 0.406 e. The second kappa shape index (κ2) is 5.92. The summed E-state index contributed by atoms with van der Waals surface area (Å²) in [5.41, 5.74) is 8.74. The highest BCUT2D eigenvalue weighted by Gasteiger charge is 2.32. The summed E-state index contributed by atoms with van der Waals surface area (Å²) in [6, 6.07) is 5.07. The minimum atomic E-state index is -4.74. The summed E-state index contributed by atoms with van der Waals surface area (Å²) in [6.45, 7) is 0.589. The highest BCUT2D eigenvalue weighted by Crippen LogP contribution is 2.29. The van der Waals surface area contributed by atoms with Gasteiger partial charge >= 0.3 is 6.36 Å². The van der Waals surface area contributed by atoms with E-state index in [2.05, 4.69) is 14.8 Å². The first-order valence-electron chi connectivity index (χ1n) is 6.06. The molecule has 1 aliphatic heterocycles. The minimum Gasteiger partial charge on any atom is -0.406 e.